The molecule has 1 rings (SSSR count). The molecule has 0 unspecified atom stereocenters. The zero-order valence-corrected chi connectivity index (χ0v) is 14.4. The van der Waals surface area contributed by atoms with Crippen LogP contribution < -0.4 is 9.68 Å². The van der Waals surface area contributed by atoms with Gasteiger partial charge in [0.1, 0.15) is 4.90 Å². The summed E-state index contributed by atoms with van der Waals surface area (Å²) in [7, 11) is -2.72. The fraction of sp³-hybridized carbons (Fsp3) is 0.500. The zero-order valence-electron chi connectivity index (χ0n) is 12.6. The third kappa shape index (κ3) is 3.74. The lowest BCUT2D eigenvalue weighted by atomic mass is 10.2. The van der Waals surface area contributed by atoms with Gasteiger partial charge in [-0.15, -0.1) is 0 Å². The van der Waals surface area contributed by atoms with Crippen molar-refractivity contribution in [1.29, 1.82) is 0 Å². The predicted octanol–water partition coefficient (Wildman–Crippen LogP) is 3.86. The van der Waals surface area contributed by atoms with Crippen LogP contribution in [0.1, 0.15) is 20.8 Å². The Labute approximate surface area is 130 Å². The van der Waals surface area contributed by atoms with Crippen LogP contribution >= 0.6 is 12.0 Å². The number of halogens is 4. The Kier molecular flexibility index (Phi) is 5.90. The Morgan fingerprint density at radius 3 is 1.77 bits per heavy atom. The van der Waals surface area contributed by atoms with Gasteiger partial charge in [0.25, 0.3) is 8.32 Å². The standard InChI is InChI=1S/C12H16F4O4SSi/c1-12(2,3)22(4,5)18-10-6(13)8(15)11(21-20-19-17)9(16)7(10)14/h17H,1-5H3/p-1. The Morgan fingerprint density at radius 2 is 1.41 bits per heavy atom. The Balaban J connectivity index is 3.35. The van der Waals surface area contributed by atoms with Gasteiger partial charge in [-0.1, -0.05) is 20.8 Å². The van der Waals surface area contributed by atoms with E-state index < -0.39 is 47.3 Å². The van der Waals surface area contributed by atoms with Gasteiger partial charge in [0, 0.05) is 0 Å². The molecule has 0 bridgehead atoms. The van der Waals surface area contributed by atoms with Crippen molar-refractivity contribution < 1.29 is 36.6 Å². The normalized spacial score (nSPS) is 12.6. The monoisotopic (exact) mass is 359 g/mol. The van der Waals surface area contributed by atoms with E-state index in [1.807, 2.05) is 0 Å². The molecule has 0 heterocycles. The van der Waals surface area contributed by atoms with E-state index in [0.717, 1.165) is 0 Å². The lowest BCUT2D eigenvalue weighted by Gasteiger charge is -2.36. The smallest absolute Gasteiger partial charge is 0.250 e. The average molecular weight is 359 g/mol. The van der Waals surface area contributed by atoms with Gasteiger partial charge in [-0.2, -0.15) is 13.1 Å². The van der Waals surface area contributed by atoms with Crippen LogP contribution in [0.15, 0.2) is 4.90 Å². The minimum absolute atomic E-state index is 0.275. The quantitative estimate of drug-likeness (QED) is 0.200. The van der Waals surface area contributed by atoms with Gasteiger partial charge >= 0.3 is 0 Å². The molecule has 0 atom stereocenters. The molecule has 10 heteroatoms. The molecule has 0 saturated carbocycles. The summed E-state index contributed by atoms with van der Waals surface area (Å²) in [5.74, 6) is -7.96. The summed E-state index contributed by atoms with van der Waals surface area (Å²) in [5, 5.41) is 12.1. The predicted molar refractivity (Wildman–Crippen MR) is 72.1 cm³/mol. The highest BCUT2D eigenvalue weighted by Crippen LogP contribution is 2.41. The topological polar surface area (TPSA) is 50.8 Å². The molecule has 0 aliphatic heterocycles. The fourth-order valence-corrected chi connectivity index (χ4v) is 2.63. The summed E-state index contributed by atoms with van der Waals surface area (Å²) in [6.07, 6.45) is 0. The van der Waals surface area contributed by atoms with Crippen molar-refractivity contribution in [3.63, 3.8) is 0 Å². The molecule has 0 aromatic heterocycles. The number of benzene rings is 1. The molecular formula is C12H15F4O4SSi-. The maximum atomic E-state index is 14.0. The molecule has 0 spiro atoms. The second kappa shape index (κ2) is 6.75. The summed E-state index contributed by atoms with van der Waals surface area (Å²) in [6.45, 7) is 8.72. The van der Waals surface area contributed by atoms with Crippen LogP contribution in [0.3, 0.4) is 0 Å². The highest BCUT2D eigenvalue weighted by atomic mass is 32.2. The molecule has 0 aliphatic rings. The molecule has 0 amide bonds. The van der Waals surface area contributed by atoms with E-state index in [-0.39, 0.29) is 12.0 Å². The van der Waals surface area contributed by atoms with Gasteiger partial charge in [0.05, 0.1) is 12.0 Å². The van der Waals surface area contributed by atoms with E-state index in [9.17, 15) is 22.8 Å². The number of rotatable bonds is 5. The fourth-order valence-electron chi connectivity index (χ4n) is 1.21. The van der Waals surface area contributed by atoms with Crippen molar-refractivity contribution in [3.05, 3.63) is 23.3 Å². The van der Waals surface area contributed by atoms with Crippen molar-refractivity contribution >= 4 is 20.4 Å². The highest BCUT2D eigenvalue weighted by molar-refractivity contribution is 7.94. The molecular weight excluding hydrogens is 344 g/mol. The first-order valence-electron chi connectivity index (χ1n) is 6.12. The molecule has 4 nitrogen and oxygen atoms in total. The third-order valence-electron chi connectivity index (χ3n) is 3.49. The Bertz CT molecular complexity index is 534. The second-order valence-electron chi connectivity index (χ2n) is 6.00. The summed E-state index contributed by atoms with van der Waals surface area (Å²) >= 11 is -0.275. The maximum absolute atomic E-state index is 14.0. The summed E-state index contributed by atoms with van der Waals surface area (Å²) in [4.78, 5) is -1.17. The molecule has 1 aromatic carbocycles. The van der Waals surface area contributed by atoms with Crippen molar-refractivity contribution in [2.45, 2.75) is 43.8 Å². The van der Waals surface area contributed by atoms with Crippen LogP contribution in [-0.4, -0.2) is 8.32 Å². The van der Waals surface area contributed by atoms with Crippen LogP contribution in [0.2, 0.25) is 18.1 Å². The van der Waals surface area contributed by atoms with Crippen molar-refractivity contribution in [1.82, 2.24) is 0 Å². The average Bonchev–Trinajstić information content (AvgIpc) is 2.40. The Hall–Kier alpha value is -0.813. The summed E-state index contributed by atoms with van der Waals surface area (Å²) < 4.78 is 64.6. The largest absolute Gasteiger partial charge is 0.691 e. The van der Waals surface area contributed by atoms with Crippen LogP contribution in [0.5, 0.6) is 5.75 Å². The van der Waals surface area contributed by atoms with Gasteiger partial charge in [0.15, 0.2) is 17.4 Å². The summed E-state index contributed by atoms with van der Waals surface area (Å²) in [5.41, 5.74) is 0. The van der Waals surface area contributed by atoms with Crippen molar-refractivity contribution in [3.8, 4) is 5.75 Å². The number of hydrogen-bond donors (Lipinski definition) is 0. The number of hydrogen-bond acceptors (Lipinski definition) is 5. The van der Waals surface area contributed by atoms with E-state index in [0.29, 0.717) is 0 Å². The zero-order chi connectivity index (χ0) is 17.3. The van der Waals surface area contributed by atoms with E-state index in [4.69, 9.17) is 4.43 Å². The highest BCUT2D eigenvalue weighted by Gasteiger charge is 2.41. The molecule has 22 heavy (non-hydrogen) atoms. The van der Waals surface area contributed by atoms with Crippen LogP contribution in [0, 0.1) is 23.3 Å². The lowest BCUT2D eigenvalue weighted by molar-refractivity contribution is -0.777. The SMILES string of the molecule is CC(C)(C)[Si](C)(C)Oc1c(F)c(F)c(SOO[O-])c(F)c1F. The third-order valence-corrected chi connectivity index (χ3v) is 8.47. The van der Waals surface area contributed by atoms with Gasteiger partial charge in [0.2, 0.25) is 11.6 Å². The van der Waals surface area contributed by atoms with E-state index in [1.54, 1.807) is 33.9 Å². The first kappa shape index (κ1) is 19.2. The Morgan fingerprint density at radius 1 is 0.955 bits per heavy atom. The van der Waals surface area contributed by atoms with E-state index >= 15 is 0 Å². The van der Waals surface area contributed by atoms with Gasteiger partial charge in [-0.05, 0) is 18.1 Å². The van der Waals surface area contributed by atoms with Gasteiger partial charge in [-0.3, -0.25) is 5.04 Å². The molecule has 0 N–H and O–H groups in total. The maximum Gasteiger partial charge on any atom is 0.250 e. The minimum Gasteiger partial charge on any atom is -0.691 e. The van der Waals surface area contributed by atoms with E-state index in [1.165, 1.54) is 0 Å². The molecule has 0 fully saturated rings. The second-order valence-corrected chi connectivity index (χ2v) is 11.4. The molecule has 0 radical (unpaired) electrons. The molecule has 0 saturated heterocycles. The first-order chi connectivity index (χ1) is 9.94. The first-order valence-corrected chi connectivity index (χ1v) is 9.77. The van der Waals surface area contributed by atoms with E-state index in [2.05, 4.69) is 9.37 Å². The van der Waals surface area contributed by atoms with Gasteiger partial charge < -0.3 is 9.68 Å². The molecule has 1 aromatic rings. The van der Waals surface area contributed by atoms with Gasteiger partial charge in [-0.25, -0.2) is 8.78 Å². The summed E-state index contributed by atoms with van der Waals surface area (Å²) in [6, 6.07) is 0. The molecule has 0 aliphatic carbocycles. The van der Waals surface area contributed by atoms with Crippen molar-refractivity contribution in [2.24, 2.45) is 0 Å². The molecule has 126 valence electrons. The van der Waals surface area contributed by atoms with Crippen LogP contribution in [0.25, 0.3) is 0 Å². The lowest BCUT2D eigenvalue weighted by Crippen LogP contribution is -2.44. The van der Waals surface area contributed by atoms with Crippen LogP contribution in [0.4, 0.5) is 17.6 Å². The van der Waals surface area contributed by atoms with Crippen LogP contribution in [-0.2, 0) is 9.37 Å². The minimum atomic E-state index is -2.72. The van der Waals surface area contributed by atoms with Crippen molar-refractivity contribution in [2.75, 3.05) is 0 Å².